The zero-order valence-electron chi connectivity index (χ0n) is 17.3. The Morgan fingerprint density at radius 1 is 1.09 bits per heavy atom. The van der Waals surface area contributed by atoms with E-state index in [1.54, 1.807) is 43.3 Å². The second-order valence-corrected chi connectivity index (χ2v) is 7.55. The SMILES string of the molecule is CCOc1cc(C=C2C(=O)NC(=S)NC2=O)ccc1OCC(=O)Nc1ccc(C)c(Cl)c1. The van der Waals surface area contributed by atoms with Gasteiger partial charge < -0.3 is 14.8 Å². The van der Waals surface area contributed by atoms with E-state index < -0.39 is 11.8 Å². The average Bonchev–Trinajstić information content (AvgIpc) is 2.73. The first-order valence-corrected chi connectivity index (χ1v) is 10.4. The Hall–Kier alpha value is -3.43. The molecule has 0 radical (unpaired) electrons. The molecule has 1 heterocycles. The Balaban J connectivity index is 1.71. The van der Waals surface area contributed by atoms with Gasteiger partial charge in [0.1, 0.15) is 5.57 Å². The maximum Gasteiger partial charge on any atom is 0.263 e. The fourth-order valence-corrected chi connectivity index (χ4v) is 3.15. The largest absolute Gasteiger partial charge is 0.490 e. The number of carbonyl (C=O) groups is 3. The summed E-state index contributed by atoms with van der Waals surface area (Å²) in [4.78, 5) is 36.3. The summed E-state index contributed by atoms with van der Waals surface area (Å²) in [7, 11) is 0. The van der Waals surface area contributed by atoms with Crippen molar-refractivity contribution in [3.63, 3.8) is 0 Å². The summed E-state index contributed by atoms with van der Waals surface area (Å²) >= 11 is 10.9. The third kappa shape index (κ3) is 5.83. The molecule has 0 spiro atoms. The molecule has 1 fully saturated rings. The zero-order chi connectivity index (χ0) is 23.3. The van der Waals surface area contributed by atoms with Crippen molar-refractivity contribution in [3.8, 4) is 11.5 Å². The van der Waals surface area contributed by atoms with E-state index in [4.69, 9.17) is 33.3 Å². The van der Waals surface area contributed by atoms with Crippen molar-refractivity contribution in [2.75, 3.05) is 18.5 Å². The molecule has 0 aliphatic carbocycles. The number of halogens is 1. The molecule has 0 atom stereocenters. The monoisotopic (exact) mass is 473 g/mol. The molecule has 2 aromatic rings. The lowest BCUT2D eigenvalue weighted by Crippen LogP contribution is -2.51. The van der Waals surface area contributed by atoms with Gasteiger partial charge >= 0.3 is 0 Å². The van der Waals surface area contributed by atoms with Crippen LogP contribution in [0.1, 0.15) is 18.1 Å². The number of hydrogen-bond acceptors (Lipinski definition) is 6. The van der Waals surface area contributed by atoms with E-state index >= 15 is 0 Å². The van der Waals surface area contributed by atoms with Crippen molar-refractivity contribution in [3.05, 3.63) is 58.1 Å². The molecule has 166 valence electrons. The lowest BCUT2D eigenvalue weighted by molar-refractivity contribution is -0.123. The molecule has 10 heteroatoms. The van der Waals surface area contributed by atoms with Crippen LogP contribution in [0.25, 0.3) is 6.08 Å². The van der Waals surface area contributed by atoms with Gasteiger partial charge in [0.25, 0.3) is 17.7 Å². The van der Waals surface area contributed by atoms with Crippen LogP contribution >= 0.6 is 23.8 Å². The van der Waals surface area contributed by atoms with Crippen molar-refractivity contribution in [2.24, 2.45) is 0 Å². The van der Waals surface area contributed by atoms with Gasteiger partial charge in [0.2, 0.25) is 0 Å². The summed E-state index contributed by atoms with van der Waals surface area (Å²) in [5.41, 5.74) is 1.91. The molecule has 0 aromatic heterocycles. The van der Waals surface area contributed by atoms with E-state index in [2.05, 4.69) is 16.0 Å². The van der Waals surface area contributed by atoms with E-state index in [1.807, 2.05) is 6.92 Å². The first kappa shape index (κ1) is 23.2. The molecule has 8 nitrogen and oxygen atoms in total. The minimum atomic E-state index is -0.593. The lowest BCUT2D eigenvalue weighted by Gasteiger charge is -2.17. The molecule has 0 saturated carbocycles. The minimum absolute atomic E-state index is 0.0397. The number of ether oxygens (including phenoxy) is 2. The Morgan fingerprint density at radius 3 is 2.47 bits per heavy atom. The van der Waals surface area contributed by atoms with Gasteiger partial charge in [-0.05, 0) is 67.5 Å². The van der Waals surface area contributed by atoms with E-state index in [1.165, 1.54) is 6.08 Å². The third-order valence-corrected chi connectivity index (χ3v) is 4.95. The highest BCUT2D eigenvalue weighted by Crippen LogP contribution is 2.30. The van der Waals surface area contributed by atoms with E-state index in [0.717, 1.165) is 5.56 Å². The minimum Gasteiger partial charge on any atom is -0.490 e. The number of amides is 3. The van der Waals surface area contributed by atoms with E-state index in [9.17, 15) is 14.4 Å². The van der Waals surface area contributed by atoms with Gasteiger partial charge in [0.05, 0.1) is 6.61 Å². The Morgan fingerprint density at radius 2 is 1.81 bits per heavy atom. The normalized spacial score (nSPS) is 13.2. The molecule has 3 N–H and O–H groups in total. The highest BCUT2D eigenvalue weighted by Gasteiger charge is 2.25. The topological polar surface area (TPSA) is 106 Å². The lowest BCUT2D eigenvalue weighted by atomic mass is 10.1. The van der Waals surface area contributed by atoms with Crippen LogP contribution in [0.15, 0.2) is 42.0 Å². The second kappa shape index (κ2) is 10.3. The predicted octanol–water partition coefficient (Wildman–Crippen LogP) is 2.98. The maximum atomic E-state index is 12.3. The number of nitrogens with one attached hydrogen (secondary N) is 3. The van der Waals surface area contributed by atoms with Gasteiger partial charge in [-0.1, -0.05) is 23.7 Å². The molecule has 1 aliphatic heterocycles. The summed E-state index contributed by atoms with van der Waals surface area (Å²) in [6.45, 7) is 3.76. The van der Waals surface area contributed by atoms with Crippen molar-refractivity contribution in [1.29, 1.82) is 0 Å². The molecule has 32 heavy (non-hydrogen) atoms. The van der Waals surface area contributed by atoms with Crippen LogP contribution in [0.3, 0.4) is 0 Å². The summed E-state index contributed by atoms with van der Waals surface area (Å²) in [6, 6.07) is 10.0. The Labute approximate surface area is 194 Å². The summed E-state index contributed by atoms with van der Waals surface area (Å²) < 4.78 is 11.2. The summed E-state index contributed by atoms with van der Waals surface area (Å²) in [6.07, 6.45) is 1.41. The number of thiocarbonyl (C=S) groups is 1. The molecule has 1 aliphatic rings. The molecule has 0 bridgehead atoms. The molecule has 1 saturated heterocycles. The van der Waals surface area contributed by atoms with Crippen LogP contribution in [-0.4, -0.2) is 36.0 Å². The Bertz CT molecular complexity index is 1110. The van der Waals surface area contributed by atoms with Crippen molar-refractivity contribution >= 4 is 58.4 Å². The van der Waals surface area contributed by atoms with Crippen molar-refractivity contribution in [2.45, 2.75) is 13.8 Å². The zero-order valence-corrected chi connectivity index (χ0v) is 18.9. The number of carbonyl (C=O) groups excluding carboxylic acids is 3. The van der Waals surface area contributed by atoms with Crippen LogP contribution in [0.5, 0.6) is 11.5 Å². The molecular formula is C22H20ClN3O5S. The average molecular weight is 474 g/mol. The second-order valence-electron chi connectivity index (χ2n) is 6.74. The third-order valence-electron chi connectivity index (χ3n) is 4.34. The van der Waals surface area contributed by atoms with Gasteiger partial charge in [0, 0.05) is 10.7 Å². The predicted molar refractivity (Wildman–Crippen MR) is 125 cm³/mol. The number of hydrogen-bond donors (Lipinski definition) is 3. The number of aryl methyl sites for hydroxylation is 1. The fraction of sp³-hybridized carbons (Fsp3) is 0.182. The van der Waals surface area contributed by atoms with E-state index in [-0.39, 0.29) is 23.2 Å². The van der Waals surface area contributed by atoms with Crippen LogP contribution < -0.4 is 25.4 Å². The molecule has 2 aromatic carbocycles. The highest BCUT2D eigenvalue weighted by molar-refractivity contribution is 7.80. The molecular weight excluding hydrogens is 454 g/mol. The Kier molecular flexibility index (Phi) is 7.45. The summed E-state index contributed by atoms with van der Waals surface area (Å²) in [5, 5.41) is 7.97. The van der Waals surface area contributed by atoms with Gasteiger partial charge in [-0.2, -0.15) is 0 Å². The quantitative estimate of drug-likeness (QED) is 0.324. The van der Waals surface area contributed by atoms with Crippen LogP contribution in [0.4, 0.5) is 5.69 Å². The highest BCUT2D eigenvalue weighted by atomic mass is 35.5. The van der Waals surface area contributed by atoms with Gasteiger partial charge in [-0.25, -0.2) is 0 Å². The first-order valence-electron chi connectivity index (χ1n) is 9.61. The van der Waals surface area contributed by atoms with Gasteiger partial charge in [-0.15, -0.1) is 0 Å². The standard InChI is InChI=1S/C22H20ClN3O5S/c1-3-30-18-9-13(8-15-20(28)25-22(32)26-21(15)29)5-7-17(18)31-11-19(27)24-14-6-4-12(2)16(23)10-14/h4-10H,3,11H2,1-2H3,(H,24,27)(H2,25,26,28,29,32). The van der Waals surface area contributed by atoms with Crippen molar-refractivity contribution < 1.29 is 23.9 Å². The van der Waals surface area contributed by atoms with Crippen LogP contribution in [0.2, 0.25) is 5.02 Å². The summed E-state index contributed by atoms with van der Waals surface area (Å²) in [5.74, 6) is -0.857. The van der Waals surface area contributed by atoms with Gasteiger partial charge in [0.15, 0.2) is 23.2 Å². The van der Waals surface area contributed by atoms with Crippen molar-refractivity contribution in [1.82, 2.24) is 10.6 Å². The number of benzene rings is 2. The van der Waals surface area contributed by atoms with E-state index in [0.29, 0.717) is 34.4 Å². The van der Waals surface area contributed by atoms with Crippen LogP contribution in [-0.2, 0) is 14.4 Å². The maximum absolute atomic E-state index is 12.3. The number of rotatable bonds is 7. The van der Waals surface area contributed by atoms with Crippen LogP contribution in [0, 0.1) is 6.92 Å². The first-order chi connectivity index (χ1) is 15.3. The smallest absolute Gasteiger partial charge is 0.263 e. The van der Waals surface area contributed by atoms with Gasteiger partial charge in [-0.3, -0.25) is 25.0 Å². The number of anilines is 1. The molecule has 3 amide bonds. The molecule has 0 unspecified atom stereocenters. The molecule has 3 rings (SSSR count). The fourth-order valence-electron chi connectivity index (χ4n) is 2.79.